The third kappa shape index (κ3) is 3.81. The van der Waals surface area contributed by atoms with Gasteiger partial charge in [0, 0.05) is 49.5 Å². The maximum Gasteiger partial charge on any atom is 0.268 e. The van der Waals surface area contributed by atoms with Crippen molar-refractivity contribution in [3.05, 3.63) is 59.3 Å². The Morgan fingerprint density at radius 2 is 2.09 bits per heavy atom. The van der Waals surface area contributed by atoms with E-state index in [0.717, 1.165) is 12.8 Å². The van der Waals surface area contributed by atoms with Crippen molar-refractivity contribution < 1.29 is 22.3 Å². The highest BCUT2D eigenvalue weighted by Crippen LogP contribution is 2.43. The maximum absolute atomic E-state index is 14.5. The van der Waals surface area contributed by atoms with Gasteiger partial charge in [0.15, 0.2) is 0 Å². The molecule has 2 aromatic heterocycles. The number of benzene rings is 1. The Kier molecular flexibility index (Phi) is 5.26. The molecule has 1 aromatic carbocycles. The van der Waals surface area contributed by atoms with E-state index in [4.69, 9.17) is 4.74 Å². The van der Waals surface area contributed by atoms with Gasteiger partial charge < -0.3 is 14.6 Å². The zero-order valence-electron chi connectivity index (χ0n) is 18.5. The number of aromatic nitrogens is 2. The molecule has 1 saturated carbocycles. The minimum atomic E-state index is -3.78. The summed E-state index contributed by atoms with van der Waals surface area (Å²) in [5, 5.41) is 3.34. The fraction of sp³-hybridized carbons (Fsp3) is 0.391. The lowest BCUT2D eigenvalue weighted by atomic mass is 10.1. The molecule has 1 N–H and O–H groups in total. The van der Waals surface area contributed by atoms with E-state index in [1.807, 2.05) is 0 Å². The molecule has 2 fully saturated rings. The second-order valence-electron chi connectivity index (χ2n) is 8.69. The number of fused-ring (bicyclic) bond motifs is 1. The summed E-state index contributed by atoms with van der Waals surface area (Å²) in [5.74, 6) is -0.925. The van der Waals surface area contributed by atoms with Crippen molar-refractivity contribution in [1.82, 2.24) is 19.2 Å². The van der Waals surface area contributed by atoms with Gasteiger partial charge in [0.25, 0.3) is 5.91 Å². The molecule has 1 spiro atoms. The number of hydrogen-bond acceptors (Lipinski definition) is 5. The average molecular weight is 473 g/mol. The normalized spacial score (nSPS) is 18.0. The molecule has 1 aliphatic heterocycles. The Bertz CT molecular complexity index is 1360. The number of nitrogens with zero attached hydrogens (tertiary/aromatic N) is 3. The zero-order valence-corrected chi connectivity index (χ0v) is 19.3. The average Bonchev–Trinajstić information content (AvgIpc) is 3.47. The predicted octanol–water partition coefficient (Wildman–Crippen LogP) is 2.50. The van der Waals surface area contributed by atoms with Gasteiger partial charge in [-0.05, 0) is 44.0 Å². The van der Waals surface area contributed by atoms with Crippen molar-refractivity contribution in [2.45, 2.75) is 36.8 Å². The van der Waals surface area contributed by atoms with E-state index in [0.29, 0.717) is 35.3 Å². The Morgan fingerprint density at radius 1 is 1.30 bits per heavy atom. The molecule has 2 aliphatic rings. The van der Waals surface area contributed by atoms with Crippen molar-refractivity contribution in [3.8, 4) is 0 Å². The van der Waals surface area contributed by atoms with Crippen LogP contribution in [0.4, 0.5) is 4.39 Å². The number of pyridine rings is 1. The summed E-state index contributed by atoms with van der Waals surface area (Å²) in [5.41, 5.74) is 1.28. The van der Waals surface area contributed by atoms with Crippen LogP contribution in [0.25, 0.3) is 10.9 Å². The second kappa shape index (κ2) is 7.89. The quantitative estimate of drug-likeness (QED) is 0.616. The number of amides is 1. The van der Waals surface area contributed by atoms with E-state index in [1.165, 1.54) is 16.4 Å². The first-order chi connectivity index (χ1) is 15.7. The summed E-state index contributed by atoms with van der Waals surface area (Å²) >= 11 is 0. The lowest BCUT2D eigenvalue weighted by Crippen LogP contribution is -2.46. The molecule has 8 nitrogen and oxygen atoms in total. The lowest BCUT2D eigenvalue weighted by molar-refractivity contribution is -0.0201. The van der Waals surface area contributed by atoms with Crippen LogP contribution in [0, 0.1) is 12.7 Å². The monoisotopic (exact) mass is 472 g/mol. The Morgan fingerprint density at radius 3 is 2.85 bits per heavy atom. The van der Waals surface area contributed by atoms with Gasteiger partial charge in [-0.3, -0.25) is 9.78 Å². The van der Waals surface area contributed by atoms with Gasteiger partial charge in [-0.15, -0.1) is 0 Å². The number of sulfonamides is 1. The van der Waals surface area contributed by atoms with Crippen molar-refractivity contribution in [3.63, 3.8) is 0 Å². The molecular formula is C23H25FN4O4S. The molecule has 10 heteroatoms. The highest BCUT2D eigenvalue weighted by Gasteiger charge is 2.50. The number of nitrogens with one attached hydrogen (secondary N) is 1. The number of rotatable bonds is 5. The number of morpholine rings is 1. The topological polar surface area (TPSA) is 93.5 Å². The SMILES string of the molecule is Cc1c(S(=O)(=O)N2CCOC3(CC3)C2)cc(C(=O)NCc2c(F)ccc3ncccc23)n1C. The predicted molar refractivity (Wildman–Crippen MR) is 120 cm³/mol. The molecule has 174 valence electrons. The summed E-state index contributed by atoms with van der Waals surface area (Å²) in [6, 6.07) is 7.77. The zero-order chi connectivity index (χ0) is 23.4. The van der Waals surface area contributed by atoms with Gasteiger partial charge in [0.2, 0.25) is 10.0 Å². The largest absolute Gasteiger partial charge is 0.372 e. The summed E-state index contributed by atoms with van der Waals surface area (Å²) < 4.78 is 49.9. The van der Waals surface area contributed by atoms with Crippen molar-refractivity contribution >= 4 is 26.8 Å². The Hall–Kier alpha value is -2.82. The Balaban J connectivity index is 1.39. The number of hydrogen-bond donors (Lipinski definition) is 1. The van der Waals surface area contributed by atoms with E-state index in [9.17, 15) is 17.6 Å². The fourth-order valence-corrected chi connectivity index (χ4v) is 6.14. The molecule has 3 aromatic rings. The third-order valence-electron chi connectivity index (χ3n) is 6.63. The summed E-state index contributed by atoms with van der Waals surface area (Å²) in [6.45, 7) is 2.61. The maximum atomic E-state index is 14.5. The van der Waals surface area contributed by atoms with E-state index < -0.39 is 21.7 Å². The molecule has 0 atom stereocenters. The molecule has 5 rings (SSSR count). The molecule has 0 unspecified atom stereocenters. The number of ether oxygens (including phenoxy) is 1. The first-order valence-electron chi connectivity index (χ1n) is 10.8. The van der Waals surface area contributed by atoms with Gasteiger partial charge in [-0.2, -0.15) is 4.31 Å². The summed E-state index contributed by atoms with van der Waals surface area (Å²) in [6.07, 6.45) is 3.35. The molecular weight excluding hydrogens is 447 g/mol. The molecule has 1 aliphatic carbocycles. The van der Waals surface area contributed by atoms with Crippen molar-refractivity contribution in [2.24, 2.45) is 7.05 Å². The van der Waals surface area contributed by atoms with E-state index in [2.05, 4.69) is 10.3 Å². The molecule has 33 heavy (non-hydrogen) atoms. The van der Waals surface area contributed by atoms with Crippen LogP contribution in [-0.4, -0.2) is 53.5 Å². The minimum absolute atomic E-state index is 0.0496. The van der Waals surface area contributed by atoms with Crippen LogP contribution in [0.1, 0.15) is 34.6 Å². The first-order valence-corrected chi connectivity index (χ1v) is 12.3. The first kappa shape index (κ1) is 22.0. The standard InChI is InChI=1S/C23H25FN4O4S/c1-15-21(33(30,31)28-10-11-32-23(14-28)7-8-23)12-20(27(15)2)22(29)26-13-17-16-4-3-9-25-19(16)6-5-18(17)24/h3-6,9,12H,7-8,10-11,13-14H2,1-2H3,(H,26,29). The highest BCUT2D eigenvalue weighted by molar-refractivity contribution is 7.89. The van der Waals surface area contributed by atoms with Crippen molar-refractivity contribution in [1.29, 1.82) is 0 Å². The van der Waals surface area contributed by atoms with Crippen LogP contribution in [0.15, 0.2) is 41.4 Å². The van der Waals surface area contributed by atoms with Gasteiger partial charge in [0.1, 0.15) is 16.4 Å². The Labute approximate surface area is 191 Å². The van der Waals surface area contributed by atoms with Crippen molar-refractivity contribution in [2.75, 3.05) is 19.7 Å². The molecule has 1 amide bonds. The van der Waals surface area contributed by atoms with Gasteiger partial charge >= 0.3 is 0 Å². The number of carbonyl (C=O) groups is 1. The summed E-state index contributed by atoms with van der Waals surface area (Å²) in [7, 11) is -2.13. The fourth-order valence-electron chi connectivity index (χ4n) is 4.37. The number of halogens is 1. The van der Waals surface area contributed by atoms with Crippen LogP contribution in [0.3, 0.4) is 0 Å². The van der Waals surface area contributed by atoms with Crippen LogP contribution < -0.4 is 5.32 Å². The molecule has 0 bridgehead atoms. The summed E-state index contributed by atoms with van der Waals surface area (Å²) in [4.78, 5) is 17.3. The van der Waals surface area contributed by atoms with Gasteiger partial charge in [-0.25, -0.2) is 12.8 Å². The highest BCUT2D eigenvalue weighted by atomic mass is 32.2. The van der Waals surface area contributed by atoms with Crippen LogP contribution in [-0.2, 0) is 28.4 Å². The van der Waals surface area contributed by atoms with E-state index in [-0.39, 0.29) is 29.3 Å². The molecule has 1 saturated heterocycles. The van der Waals surface area contributed by atoms with Crippen LogP contribution >= 0.6 is 0 Å². The van der Waals surface area contributed by atoms with Crippen LogP contribution in [0.2, 0.25) is 0 Å². The minimum Gasteiger partial charge on any atom is -0.372 e. The number of carbonyl (C=O) groups excluding carboxylic acids is 1. The molecule has 0 radical (unpaired) electrons. The van der Waals surface area contributed by atoms with Crippen LogP contribution in [0.5, 0.6) is 0 Å². The smallest absolute Gasteiger partial charge is 0.268 e. The second-order valence-corrected chi connectivity index (χ2v) is 10.6. The van der Waals surface area contributed by atoms with Gasteiger partial charge in [-0.1, -0.05) is 6.07 Å². The molecule has 3 heterocycles. The lowest BCUT2D eigenvalue weighted by Gasteiger charge is -2.32. The van der Waals surface area contributed by atoms with E-state index >= 15 is 0 Å². The van der Waals surface area contributed by atoms with Gasteiger partial charge in [0.05, 0.1) is 17.7 Å². The third-order valence-corrected chi connectivity index (χ3v) is 8.59. The van der Waals surface area contributed by atoms with E-state index in [1.54, 1.807) is 42.9 Å².